The highest BCUT2D eigenvalue weighted by Crippen LogP contribution is 2.30. The molecule has 0 radical (unpaired) electrons. The van der Waals surface area contributed by atoms with Crippen molar-refractivity contribution < 1.29 is 14.6 Å². The van der Waals surface area contributed by atoms with Crippen molar-refractivity contribution in [3.8, 4) is 0 Å². The Balaban J connectivity index is 1.62. The van der Waals surface area contributed by atoms with Crippen LogP contribution in [0, 0.1) is 0 Å². The molecular formula is C24H26O3. The molecule has 0 aliphatic heterocycles. The van der Waals surface area contributed by atoms with Gasteiger partial charge < -0.3 is 14.6 Å². The number of hydrogen-bond donors (Lipinski definition) is 1. The largest absolute Gasteiger partial charge is 0.396 e. The smallest absolute Gasteiger partial charge is 0.148 e. The van der Waals surface area contributed by atoms with Gasteiger partial charge in [0, 0.05) is 5.92 Å². The topological polar surface area (TPSA) is 38.7 Å². The normalized spacial score (nSPS) is 13.2. The van der Waals surface area contributed by atoms with E-state index in [-0.39, 0.29) is 25.4 Å². The average molecular weight is 362 g/mol. The van der Waals surface area contributed by atoms with Crippen molar-refractivity contribution in [3.63, 3.8) is 0 Å². The molecule has 0 bridgehead atoms. The molecule has 0 amide bonds. The molecule has 0 fully saturated rings. The van der Waals surface area contributed by atoms with Gasteiger partial charge in [-0.15, -0.1) is 0 Å². The second-order valence-electron chi connectivity index (χ2n) is 6.54. The van der Waals surface area contributed by atoms with Crippen LogP contribution in [0.2, 0.25) is 0 Å². The maximum atomic E-state index is 9.91. The molecule has 3 aromatic carbocycles. The Morgan fingerprint density at radius 2 is 1.26 bits per heavy atom. The number of ether oxygens (including phenoxy) is 2. The van der Waals surface area contributed by atoms with Crippen LogP contribution in [-0.4, -0.2) is 18.5 Å². The van der Waals surface area contributed by atoms with E-state index in [9.17, 15) is 5.11 Å². The maximum absolute atomic E-state index is 9.91. The molecule has 3 nitrogen and oxygen atoms in total. The standard InChI is InChI=1S/C24H26O3/c25-17-23(21-12-6-2-7-13-21)16-24(22-14-8-3-9-15-22)27-19-26-18-20-10-4-1-5-11-20/h1-15,23-25H,16-19H2/t23-,24+/m0/s1. The zero-order valence-electron chi connectivity index (χ0n) is 15.4. The van der Waals surface area contributed by atoms with Crippen LogP contribution in [0.5, 0.6) is 0 Å². The molecule has 0 aliphatic carbocycles. The summed E-state index contributed by atoms with van der Waals surface area (Å²) in [5.41, 5.74) is 3.33. The number of benzene rings is 3. The molecule has 3 heteroatoms. The van der Waals surface area contributed by atoms with E-state index >= 15 is 0 Å². The summed E-state index contributed by atoms with van der Waals surface area (Å²) in [6.45, 7) is 0.813. The lowest BCUT2D eigenvalue weighted by molar-refractivity contribution is -0.102. The van der Waals surface area contributed by atoms with Crippen molar-refractivity contribution in [3.05, 3.63) is 108 Å². The molecule has 140 valence electrons. The second kappa shape index (κ2) is 10.6. The first-order valence-electron chi connectivity index (χ1n) is 9.31. The first-order valence-corrected chi connectivity index (χ1v) is 9.31. The zero-order chi connectivity index (χ0) is 18.7. The first kappa shape index (κ1) is 19.3. The summed E-state index contributed by atoms with van der Waals surface area (Å²) < 4.78 is 11.8. The van der Waals surface area contributed by atoms with Crippen molar-refractivity contribution >= 4 is 0 Å². The predicted octanol–water partition coefficient (Wildman–Crippen LogP) is 5.08. The van der Waals surface area contributed by atoms with Gasteiger partial charge in [-0.2, -0.15) is 0 Å². The summed E-state index contributed by atoms with van der Waals surface area (Å²) in [6.07, 6.45) is 0.554. The molecule has 0 aliphatic rings. The monoisotopic (exact) mass is 362 g/mol. The molecule has 3 rings (SSSR count). The molecule has 3 aromatic rings. The van der Waals surface area contributed by atoms with Gasteiger partial charge in [0.25, 0.3) is 0 Å². The molecular weight excluding hydrogens is 336 g/mol. The quantitative estimate of drug-likeness (QED) is 0.403. The Morgan fingerprint density at radius 3 is 1.85 bits per heavy atom. The Morgan fingerprint density at radius 1 is 0.704 bits per heavy atom. The maximum Gasteiger partial charge on any atom is 0.148 e. The van der Waals surface area contributed by atoms with Gasteiger partial charge in [0.1, 0.15) is 6.79 Å². The highest BCUT2D eigenvalue weighted by molar-refractivity contribution is 5.22. The SMILES string of the molecule is OC[C@H](C[C@@H](OCOCc1ccccc1)c1ccccc1)c1ccccc1. The number of aliphatic hydroxyl groups excluding tert-OH is 1. The minimum Gasteiger partial charge on any atom is -0.396 e. The van der Waals surface area contributed by atoms with Gasteiger partial charge in [0.15, 0.2) is 0 Å². The van der Waals surface area contributed by atoms with Crippen LogP contribution in [0.3, 0.4) is 0 Å². The van der Waals surface area contributed by atoms with E-state index in [0.717, 1.165) is 16.7 Å². The fourth-order valence-electron chi connectivity index (χ4n) is 3.13. The lowest BCUT2D eigenvalue weighted by Crippen LogP contribution is -2.14. The summed E-state index contributed by atoms with van der Waals surface area (Å²) in [5.74, 6) is 0.0190. The number of hydrogen-bond acceptors (Lipinski definition) is 3. The van der Waals surface area contributed by atoms with Gasteiger partial charge in [-0.3, -0.25) is 0 Å². The van der Waals surface area contributed by atoms with E-state index < -0.39 is 0 Å². The molecule has 0 saturated heterocycles. The average Bonchev–Trinajstić information content (AvgIpc) is 2.75. The lowest BCUT2D eigenvalue weighted by atomic mass is 9.91. The Bertz CT molecular complexity index is 759. The minimum atomic E-state index is -0.140. The van der Waals surface area contributed by atoms with Gasteiger partial charge in [-0.1, -0.05) is 91.0 Å². The van der Waals surface area contributed by atoms with Gasteiger partial charge in [0.2, 0.25) is 0 Å². The van der Waals surface area contributed by atoms with E-state index in [2.05, 4.69) is 24.3 Å². The summed E-state index contributed by atoms with van der Waals surface area (Å²) in [4.78, 5) is 0. The molecule has 0 aromatic heterocycles. The molecule has 27 heavy (non-hydrogen) atoms. The van der Waals surface area contributed by atoms with Crippen LogP contribution < -0.4 is 0 Å². The highest BCUT2D eigenvalue weighted by Gasteiger charge is 2.20. The number of aliphatic hydroxyl groups is 1. The Hall–Kier alpha value is -2.46. The van der Waals surface area contributed by atoms with Crippen LogP contribution in [0.1, 0.15) is 35.1 Å². The summed E-state index contributed by atoms with van der Waals surface area (Å²) in [5, 5.41) is 9.91. The van der Waals surface area contributed by atoms with Gasteiger partial charge >= 0.3 is 0 Å². The number of rotatable bonds is 10. The van der Waals surface area contributed by atoms with Crippen LogP contribution >= 0.6 is 0 Å². The van der Waals surface area contributed by atoms with Crippen molar-refractivity contribution in [2.45, 2.75) is 25.0 Å². The van der Waals surface area contributed by atoms with Crippen molar-refractivity contribution in [1.82, 2.24) is 0 Å². The van der Waals surface area contributed by atoms with Crippen LogP contribution in [0.15, 0.2) is 91.0 Å². The molecule has 0 unspecified atom stereocenters. The fourth-order valence-corrected chi connectivity index (χ4v) is 3.13. The van der Waals surface area contributed by atoms with E-state index in [4.69, 9.17) is 9.47 Å². The van der Waals surface area contributed by atoms with E-state index in [1.807, 2.05) is 66.7 Å². The van der Waals surface area contributed by atoms with Gasteiger partial charge in [-0.05, 0) is 23.1 Å². The van der Waals surface area contributed by atoms with E-state index in [1.165, 1.54) is 0 Å². The third-order valence-electron chi connectivity index (χ3n) is 4.63. The molecule has 0 saturated carbocycles. The van der Waals surface area contributed by atoms with Gasteiger partial charge in [-0.25, -0.2) is 0 Å². The summed E-state index contributed by atoms with van der Waals surface area (Å²) >= 11 is 0. The van der Waals surface area contributed by atoms with Crippen molar-refractivity contribution in [2.24, 2.45) is 0 Å². The fraction of sp³-hybridized carbons (Fsp3) is 0.250. The van der Waals surface area contributed by atoms with E-state index in [0.29, 0.717) is 13.0 Å². The summed E-state index contributed by atoms with van der Waals surface area (Å²) in [7, 11) is 0. The third kappa shape index (κ3) is 6.04. The predicted molar refractivity (Wildman–Crippen MR) is 107 cm³/mol. The Kier molecular flexibility index (Phi) is 7.60. The molecule has 0 spiro atoms. The highest BCUT2D eigenvalue weighted by atomic mass is 16.7. The van der Waals surface area contributed by atoms with Crippen molar-refractivity contribution in [2.75, 3.05) is 13.4 Å². The summed E-state index contributed by atoms with van der Waals surface area (Å²) in [6, 6.07) is 30.3. The zero-order valence-corrected chi connectivity index (χ0v) is 15.4. The van der Waals surface area contributed by atoms with E-state index in [1.54, 1.807) is 0 Å². The van der Waals surface area contributed by atoms with Crippen LogP contribution in [0.25, 0.3) is 0 Å². The van der Waals surface area contributed by atoms with Gasteiger partial charge in [0.05, 0.1) is 19.3 Å². The first-order chi connectivity index (χ1) is 13.4. The van der Waals surface area contributed by atoms with Crippen LogP contribution in [-0.2, 0) is 16.1 Å². The molecule has 2 atom stereocenters. The minimum absolute atomic E-state index is 0.0190. The third-order valence-corrected chi connectivity index (χ3v) is 4.63. The van der Waals surface area contributed by atoms with Crippen LogP contribution in [0.4, 0.5) is 0 Å². The second-order valence-corrected chi connectivity index (χ2v) is 6.54. The molecule has 1 N–H and O–H groups in total. The van der Waals surface area contributed by atoms with Crippen molar-refractivity contribution in [1.29, 1.82) is 0 Å². The lowest BCUT2D eigenvalue weighted by Gasteiger charge is -2.23. The molecule has 0 heterocycles. The Labute approximate surface area is 161 Å².